The van der Waals surface area contributed by atoms with Crippen LogP contribution >= 0.6 is 11.6 Å². The van der Waals surface area contributed by atoms with Crippen LogP contribution in [0.2, 0.25) is 5.15 Å². The van der Waals surface area contributed by atoms with Gasteiger partial charge in [0, 0.05) is 32.2 Å². The molecule has 0 aliphatic heterocycles. The Morgan fingerprint density at radius 1 is 1.11 bits per heavy atom. The number of halogens is 1. The summed E-state index contributed by atoms with van der Waals surface area (Å²) in [6, 6.07) is 6.11. The zero-order valence-corrected chi connectivity index (χ0v) is 15.5. The monoisotopic (exact) mass is 403 g/mol. The molecule has 0 saturated carbocycles. The van der Waals surface area contributed by atoms with E-state index in [0.717, 1.165) is 9.13 Å². The molecule has 144 valence electrons. The Labute approximate surface area is 162 Å². The summed E-state index contributed by atoms with van der Waals surface area (Å²) in [6.45, 7) is 0. The predicted molar refractivity (Wildman–Crippen MR) is 100 cm³/mol. The lowest BCUT2D eigenvalue weighted by Crippen LogP contribution is -2.40. The van der Waals surface area contributed by atoms with E-state index in [2.05, 4.69) is 15.3 Å². The van der Waals surface area contributed by atoms with Crippen molar-refractivity contribution in [2.75, 3.05) is 5.32 Å². The summed E-state index contributed by atoms with van der Waals surface area (Å²) >= 11 is 5.87. The minimum absolute atomic E-state index is 0.0980. The lowest BCUT2D eigenvalue weighted by molar-refractivity contribution is 0.102. The normalized spacial score (nSPS) is 10.5. The Bertz CT molecular complexity index is 1170. The zero-order valence-electron chi connectivity index (χ0n) is 14.7. The molecule has 2 N–H and O–H groups in total. The number of hydrogen-bond acceptors (Lipinski definition) is 7. The van der Waals surface area contributed by atoms with Crippen molar-refractivity contribution in [1.29, 1.82) is 0 Å². The number of carbonyl (C=O) groups is 1. The van der Waals surface area contributed by atoms with Gasteiger partial charge in [-0.2, -0.15) is 0 Å². The molecule has 0 saturated heterocycles. The smallest absolute Gasteiger partial charge is 0.333 e. The first kappa shape index (κ1) is 19.1. The molecule has 0 unspecified atom stereocenters. The van der Waals surface area contributed by atoms with Gasteiger partial charge in [-0.05, 0) is 24.3 Å². The van der Waals surface area contributed by atoms with Gasteiger partial charge in [0.05, 0.1) is 0 Å². The number of amides is 1. The molecule has 2 heterocycles. The quantitative estimate of drug-likeness (QED) is 0.671. The molecule has 28 heavy (non-hydrogen) atoms. The van der Waals surface area contributed by atoms with E-state index >= 15 is 0 Å². The maximum absolute atomic E-state index is 12.4. The fraction of sp³-hybridized carbons (Fsp3) is 0.118. The van der Waals surface area contributed by atoms with Gasteiger partial charge in [0.25, 0.3) is 17.3 Å². The first-order valence-electron chi connectivity index (χ1n) is 7.84. The van der Waals surface area contributed by atoms with Gasteiger partial charge in [0.2, 0.25) is 5.88 Å². The van der Waals surface area contributed by atoms with E-state index in [1.807, 2.05) is 0 Å². The highest BCUT2D eigenvalue weighted by atomic mass is 35.5. The summed E-state index contributed by atoms with van der Waals surface area (Å²) in [5.74, 6) is -1.07. The lowest BCUT2D eigenvalue weighted by atomic mass is 10.2. The molecule has 1 amide bonds. The van der Waals surface area contributed by atoms with Crippen molar-refractivity contribution < 1.29 is 14.6 Å². The maximum atomic E-state index is 12.4. The number of aromatic nitrogens is 4. The molecule has 10 nitrogen and oxygen atoms in total. The molecule has 0 atom stereocenters. The second-order valence-electron chi connectivity index (χ2n) is 5.64. The van der Waals surface area contributed by atoms with E-state index in [4.69, 9.17) is 16.3 Å². The molecule has 3 rings (SSSR count). The molecule has 0 aliphatic carbocycles. The second kappa shape index (κ2) is 7.53. The molecule has 2 aromatic heterocycles. The average molecular weight is 404 g/mol. The van der Waals surface area contributed by atoms with Crippen LogP contribution in [0.15, 0.2) is 46.2 Å². The van der Waals surface area contributed by atoms with Crippen LogP contribution < -0.4 is 21.3 Å². The summed E-state index contributed by atoms with van der Waals surface area (Å²) in [6.07, 6.45) is 2.85. The summed E-state index contributed by atoms with van der Waals surface area (Å²) in [4.78, 5) is 44.1. The van der Waals surface area contributed by atoms with Crippen LogP contribution in [0.3, 0.4) is 0 Å². The fourth-order valence-electron chi connectivity index (χ4n) is 2.32. The Morgan fingerprint density at radius 2 is 1.75 bits per heavy atom. The molecule has 0 aliphatic rings. The molecule has 1 aromatic carbocycles. The number of aromatic hydroxyl groups is 1. The van der Waals surface area contributed by atoms with Crippen LogP contribution in [0.25, 0.3) is 0 Å². The largest absolute Gasteiger partial charge is 0.494 e. The Hall–Kier alpha value is -3.66. The minimum atomic E-state index is -0.907. The maximum Gasteiger partial charge on any atom is 0.333 e. The van der Waals surface area contributed by atoms with Crippen LogP contribution in [0.5, 0.6) is 17.5 Å². The number of carbonyl (C=O) groups excluding carboxylic acids is 1. The first-order valence-corrected chi connectivity index (χ1v) is 8.22. The highest BCUT2D eigenvalue weighted by Crippen LogP contribution is 2.26. The van der Waals surface area contributed by atoms with Crippen molar-refractivity contribution in [2.45, 2.75) is 0 Å². The van der Waals surface area contributed by atoms with E-state index in [0.29, 0.717) is 11.4 Å². The van der Waals surface area contributed by atoms with Crippen molar-refractivity contribution in [2.24, 2.45) is 14.1 Å². The molecule has 0 fully saturated rings. The molecule has 0 bridgehead atoms. The first-order chi connectivity index (χ1) is 13.3. The Morgan fingerprint density at radius 3 is 2.39 bits per heavy atom. The Balaban J connectivity index is 1.82. The van der Waals surface area contributed by atoms with Crippen molar-refractivity contribution >= 4 is 23.2 Å². The third-order valence-electron chi connectivity index (χ3n) is 3.81. The Kier molecular flexibility index (Phi) is 5.14. The highest BCUT2D eigenvalue weighted by Gasteiger charge is 2.21. The van der Waals surface area contributed by atoms with Crippen LogP contribution in [0.4, 0.5) is 5.69 Å². The van der Waals surface area contributed by atoms with Gasteiger partial charge < -0.3 is 15.2 Å². The van der Waals surface area contributed by atoms with Crippen molar-refractivity contribution in [3.63, 3.8) is 0 Å². The van der Waals surface area contributed by atoms with Crippen molar-refractivity contribution in [3.8, 4) is 17.5 Å². The van der Waals surface area contributed by atoms with Gasteiger partial charge in [-0.1, -0.05) is 11.6 Å². The van der Waals surface area contributed by atoms with Crippen LogP contribution in [0.1, 0.15) is 10.4 Å². The number of anilines is 1. The molecule has 0 radical (unpaired) electrons. The number of rotatable bonds is 4. The van der Waals surface area contributed by atoms with E-state index in [1.165, 1.54) is 38.6 Å². The number of benzene rings is 1. The number of nitrogens with one attached hydrogen (secondary N) is 1. The van der Waals surface area contributed by atoms with E-state index in [-0.39, 0.29) is 11.0 Å². The van der Waals surface area contributed by atoms with Gasteiger partial charge in [0.15, 0.2) is 10.7 Å². The summed E-state index contributed by atoms with van der Waals surface area (Å²) in [5, 5.41) is 12.6. The van der Waals surface area contributed by atoms with Gasteiger partial charge in [-0.3, -0.25) is 18.7 Å². The summed E-state index contributed by atoms with van der Waals surface area (Å²) in [5.41, 5.74) is -1.87. The lowest BCUT2D eigenvalue weighted by Gasteiger charge is -2.11. The minimum Gasteiger partial charge on any atom is -0.494 e. The van der Waals surface area contributed by atoms with Gasteiger partial charge in [-0.15, -0.1) is 0 Å². The molecular formula is C17H14ClN5O5. The van der Waals surface area contributed by atoms with Gasteiger partial charge >= 0.3 is 5.69 Å². The summed E-state index contributed by atoms with van der Waals surface area (Å²) < 4.78 is 7.02. The zero-order chi connectivity index (χ0) is 20.4. The topological polar surface area (TPSA) is 128 Å². The van der Waals surface area contributed by atoms with Gasteiger partial charge in [-0.25, -0.2) is 14.8 Å². The van der Waals surface area contributed by atoms with E-state index in [1.54, 1.807) is 12.1 Å². The molecule has 3 aromatic rings. The third kappa shape index (κ3) is 3.58. The van der Waals surface area contributed by atoms with E-state index < -0.39 is 28.6 Å². The SMILES string of the molecule is Cn1c(O)c(C(=O)Nc2ccc(Oc3nccnc3Cl)cc2)c(=O)n(C)c1=O. The van der Waals surface area contributed by atoms with Crippen LogP contribution in [-0.2, 0) is 14.1 Å². The molecule has 11 heteroatoms. The van der Waals surface area contributed by atoms with E-state index in [9.17, 15) is 19.5 Å². The summed E-state index contributed by atoms with van der Waals surface area (Å²) in [7, 11) is 2.46. The highest BCUT2D eigenvalue weighted by molar-refractivity contribution is 6.30. The molecule has 0 spiro atoms. The molecular weight excluding hydrogens is 390 g/mol. The van der Waals surface area contributed by atoms with Crippen molar-refractivity contribution in [3.05, 3.63) is 68.2 Å². The number of hydrogen-bond donors (Lipinski definition) is 2. The van der Waals surface area contributed by atoms with Crippen LogP contribution in [-0.4, -0.2) is 30.1 Å². The fourth-order valence-corrected chi connectivity index (χ4v) is 2.46. The third-order valence-corrected chi connectivity index (χ3v) is 4.07. The number of nitrogens with zero attached hydrogens (tertiary/aromatic N) is 4. The number of ether oxygens (including phenoxy) is 1. The van der Waals surface area contributed by atoms with Crippen molar-refractivity contribution in [1.82, 2.24) is 19.1 Å². The van der Waals surface area contributed by atoms with Gasteiger partial charge in [0.1, 0.15) is 5.75 Å². The average Bonchev–Trinajstić information content (AvgIpc) is 2.68. The van der Waals surface area contributed by atoms with Crippen LogP contribution in [0, 0.1) is 0 Å². The second-order valence-corrected chi connectivity index (χ2v) is 6.00. The standard InChI is InChI=1S/C17H14ClN5O5/c1-22-15(25)11(16(26)23(2)17(22)27)13(24)21-9-3-5-10(6-4-9)28-14-12(18)19-7-8-20-14/h3-8,25H,1-2H3,(H,21,24). The predicted octanol–water partition coefficient (Wildman–Crippen LogP) is 1.28.